The van der Waals surface area contributed by atoms with Crippen LogP contribution in [0.2, 0.25) is 0 Å². The molecule has 0 aliphatic heterocycles. The molecule has 3 unspecified atom stereocenters. The van der Waals surface area contributed by atoms with Gasteiger partial charge in [0.1, 0.15) is 12.1 Å². The molecule has 1 aromatic rings. The van der Waals surface area contributed by atoms with Crippen molar-refractivity contribution in [3.8, 4) is 0 Å². The Morgan fingerprint density at radius 2 is 1.40 bits per heavy atom. The van der Waals surface area contributed by atoms with E-state index < -0.39 is 70.6 Å². The van der Waals surface area contributed by atoms with Gasteiger partial charge in [-0.1, -0.05) is 65.0 Å². The summed E-state index contributed by atoms with van der Waals surface area (Å²) >= 11 is 0. The van der Waals surface area contributed by atoms with Gasteiger partial charge >= 0.3 is 6.18 Å². The van der Waals surface area contributed by atoms with Crippen LogP contribution in [0.1, 0.15) is 66.5 Å². The van der Waals surface area contributed by atoms with Crippen molar-refractivity contribution < 1.29 is 37.1 Å². The summed E-state index contributed by atoms with van der Waals surface area (Å²) in [4.78, 5) is 64.2. The molecule has 12 heteroatoms. The van der Waals surface area contributed by atoms with Gasteiger partial charge < -0.3 is 21.3 Å². The van der Waals surface area contributed by atoms with Crippen LogP contribution >= 0.6 is 0 Å². The second-order valence-corrected chi connectivity index (χ2v) is 11.2. The Morgan fingerprint density at radius 3 is 1.86 bits per heavy atom. The Morgan fingerprint density at radius 1 is 0.833 bits per heavy atom. The molecular formula is C30H41F3N4O5. The summed E-state index contributed by atoms with van der Waals surface area (Å²) in [6, 6.07) is 0.750. The number of amides is 4. The van der Waals surface area contributed by atoms with Gasteiger partial charge in [0.05, 0.1) is 11.6 Å². The van der Waals surface area contributed by atoms with Gasteiger partial charge in [-0.05, 0) is 49.8 Å². The van der Waals surface area contributed by atoms with Gasteiger partial charge in [-0.25, -0.2) is 0 Å². The van der Waals surface area contributed by atoms with Crippen molar-refractivity contribution in [2.45, 2.75) is 86.2 Å². The van der Waals surface area contributed by atoms with Gasteiger partial charge in [0.2, 0.25) is 17.6 Å². The third-order valence-corrected chi connectivity index (χ3v) is 6.28. The molecule has 0 saturated carbocycles. The number of rotatable bonds is 12. The fourth-order valence-corrected chi connectivity index (χ4v) is 3.77. The lowest BCUT2D eigenvalue weighted by atomic mass is 9.85. The minimum absolute atomic E-state index is 0.198. The molecule has 4 amide bonds. The van der Waals surface area contributed by atoms with E-state index in [1.165, 1.54) is 19.1 Å². The molecule has 42 heavy (non-hydrogen) atoms. The van der Waals surface area contributed by atoms with Crippen LogP contribution in [0.5, 0.6) is 0 Å². The van der Waals surface area contributed by atoms with Gasteiger partial charge in [-0.2, -0.15) is 13.2 Å². The number of carbonyl (C=O) groups excluding carboxylic acids is 5. The van der Waals surface area contributed by atoms with Crippen LogP contribution in [0.15, 0.2) is 48.1 Å². The molecule has 0 aromatic heterocycles. The van der Waals surface area contributed by atoms with Crippen LogP contribution in [0.3, 0.4) is 0 Å². The SMILES string of the molecule is CC=CC(=CC)C(=O)NC(C(=O)NC(C)C(=O)NC(C(=O)C(=O)NCc1ccc(C(F)(F)F)cc1)C(C)C)C(C)(C)C. The van der Waals surface area contributed by atoms with E-state index in [-0.39, 0.29) is 6.54 Å². The maximum absolute atomic E-state index is 13.1. The smallest absolute Gasteiger partial charge is 0.345 e. The Labute approximate surface area is 244 Å². The van der Waals surface area contributed by atoms with Crippen molar-refractivity contribution in [1.82, 2.24) is 21.3 Å². The van der Waals surface area contributed by atoms with Crippen LogP contribution in [-0.2, 0) is 36.7 Å². The van der Waals surface area contributed by atoms with Gasteiger partial charge in [0, 0.05) is 12.1 Å². The van der Waals surface area contributed by atoms with Crippen molar-refractivity contribution in [3.05, 3.63) is 59.2 Å². The maximum Gasteiger partial charge on any atom is 0.416 e. The number of alkyl halides is 3. The van der Waals surface area contributed by atoms with Crippen LogP contribution in [0.4, 0.5) is 13.2 Å². The molecule has 232 valence electrons. The van der Waals surface area contributed by atoms with Crippen molar-refractivity contribution in [3.63, 3.8) is 0 Å². The summed E-state index contributed by atoms with van der Waals surface area (Å²) in [5, 5.41) is 10.1. The molecule has 0 aliphatic carbocycles. The molecule has 0 fully saturated rings. The Bertz CT molecular complexity index is 1200. The number of nitrogens with one attached hydrogen (secondary N) is 4. The highest BCUT2D eigenvalue weighted by molar-refractivity contribution is 6.38. The summed E-state index contributed by atoms with van der Waals surface area (Å²) in [6.45, 7) is 13.1. The van der Waals surface area contributed by atoms with E-state index in [9.17, 15) is 37.1 Å². The number of ketones is 1. The molecular weight excluding hydrogens is 553 g/mol. The molecule has 1 aromatic carbocycles. The third kappa shape index (κ3) is 10.8. The lowest BCUT2D eigenvalue weighted by Crippen LogP contribution is -2.59. The number of carbonyl (C=O) groups is 5. The number of halogens is 3. The van der Waals surface area contributed by atoms with Crippen LogP contribution in [-0.4, -0.2) is 47.5 Å². The molecule has 3 atom stereocenters. The van der Waals surface area contributed by atoms with E-state index >= 15 is 0 Å². The van der Waals surface area contributed by atoms with E-state index in [0.717, 1.165) is 12.1 Å². The van der Waals surface area contributed by atoms with Crippen LogP contribution < -0.4 is 21.3 Å². The van der Waals surface area contributed by atoms with E-state index in [1.807, 2.05) is 0 Å². The quantitative estimate of drug-likeness (QED) is 0.167. The van der Waals surface area contributed by atoms with E-state index in [4.69, 9.17) is 0 Å². The number of allylic oxidation sites excluding steroid dienone is 2. The first-order chi connectivity index (χ1) is 19.3. The summed E-state index contributed by atoms with van der Waals surface area (Å²) in [5.74, 6) is -4.29. The third-order valence-electron chi connectivity index (χ3n) is 6.28. The molecule has 0 bridgehead atoms. The minimum atomic E-state index is -4.50. The molecule has 0 aliphatic rings. The predicted octanol–water partition coefficient (Wildman–Crippen LogP) is 3.59. The molecule has 9 nitrogen and oxygen atoms in total. The normalized spacial score (nSPS) is 14.6. The Kier molecular flexibility index (Phi) is 13.2. The Hall–Kier alpha value is -3.96. The molecule has 0 saturated heterocycles. The second kappa shape index (κ2) is 15.3. The fraction of sp³-hybridized carbons (Fsp3) is 0.500. The van der Waals surface area contributed by atoms with Crippen molar-refractivity contribution in [2.75, 3.05) is 0 Å². The van der Waals surface area contributed by atoms with Gasteiger partial charge in [-0.15, -0.1) is 0 Å². The van der Waals surface area contributed by atoms with Crippen molar-refractivity contribution in [1.29, 1.82) is 0 Å². The highest BCUT2D eigenvalue weighted by Crippen LogP contribution is 2.29. The first-order valence-electron chi connectivity index (χ1n) is 13.5. The van der Waals surface area contributed by atoms with Crippen LogP contribution in [0.25, 0.3) is 0 Å². The first kappa shape index (κ1) is 36.1. The minimum Gasteiger partial charge on any atom is -0.345 e. The first-order valence-corrected chi connectivity index (χ1v) is 13.5. The lowest BCUT2D eigenvalue weighted by Gasteiger charge is -2.31. The molecule has 1 rings (SSSR count). The van der Waals surface area contributed by atoms with E-state index in [2.05, 4.69) is 21.3 Å². The topological polar surface area (TPSA) is 133 Å². The molecule has 4 N–H and O–H groups in total. The maximum atomic E-state index is 13.1. The number of benzene rings is 1. The zero-order valence-corrected chi connectivity index (χ0v) is 25.2. The second-order valence-electron chi connectivity index (χ2n) is 11.2. The summed E-state index contributed by atoms with van der Waals surface area (Å²) < 4.78 is 38.3. The average Bonchev–Trinajstić information content (AvgIpc) is 2.89. The van der Waals surface area contributed by atoms with Crippen molar-refractivity contribution in [2.24, 2.45) is 11.3 Å². The van der Waals surface area contributed by atoms with Gasteiger partial charge in [0.25, 0.3) is 11.8 Å². The molecule has 0 spiro atoms. The largest absolute Gasteiger partial charge is 0.416 e. The standard InChI is InChI=1S/C30H41F3N4O5/c1-9-11-20(10-2)26(40)37-24(29(6,7)8)28(42)35-18(5)25(39)36-22(17(3)4)23(38)27(41)34-16-19-12-14-21(15-13-19)30(31,32)33/h9-15,17-18,22,24H,16H2,1-8H3,(H,34,41)(H,35,42)(H,36,39)(H,37,40). The molecule has 0 radical (unpaired) electrons. The average molecular weight is 595 g/mol. The zero-order valence-electron chi connectivity index (χ0n) is 25.2. The van der Waals surface area contributed by atoms with Gasteiger partial charge in [-0.3, -0.25) is 24.0 Å². The fourth-order valence-electron chi connectivity index (χ4n) is 3.77. The number of hydrogen-bond donors (Lipinski definition) is 4. The predicted molar refractivity (Wildman–Crippen MR) is 153 cm³/mol. The number of hydrogen-bond acceptors (Lipinski definition) is 5. The summed E-state index contributed by atoms with van der Waals surface area (Å²) in [7, 11) is 0. The highest BCUT2D eigenvalue weighted by atomic mass is 19.4. The summed E-state index contributed by atoms with van der Waals surface area (Å²) in [5.41, 5.74) is -0.852. The zero-order chi connectivity index (χ0) is 32.4. The lowest BCUT2D eigenvalue weighted by molar-refractivity contribution is -0.141. The van der Waals surface area contributed by atoms with Crippen molar-refractivity contribution >= 4 is 29.4 Å². The summed E-state index contributed by atoms with van der Waals surface area (Å²) in [6.07, 6.45) is 0.396. The molecule has 0 heterocycles. The number of Topliss-reactive ketones (excluding diaryl/α,β-unsaturated/α-hetero) is 1. The van der Waals surface area contributed by atoms with E-state index in [0.29, 0.717) is 11.1 Å². The monoisotopic (exact) mass is 594 g/mol. The van der Waals surface area contributed by atoms with Crippen LogP contribution in [0, 0.1) is 11.3 Å². The Balaban J connectivity index is 2.89. The van der Waals surface area contributed by atoms with E-state index in [1.54, 1.807) is 66.7 Å². The van der Waals surface area contributed by atoms with Gasteiger partial charge in [0.15, 0.2) is 0 Å². The highest BCUT2D eigenvalue weighted by Gasteiger charge is 2.36.